The third kappa shape index (κ3) is 3.07. The minimum absolute atomic E-state index is 1.02. The summed E-state index contributed by atoms with van der Waals surface area (Å²) in [6.07, 6.45) is 3.79. The molecule has 0 saturated heterocycles. The van der Waals surface area contributed by atoms with E-state index < -0.39 is 0 Å². The van der Waals surface area contributed by atoms with Crippen LogP contribution in [0.5, 0.6) is 0 Å². The molecule has 1 heterocycles. The van der Waals surface area contributed by atoms with Gasteiger partial charge < -0.3 is 0 Å². The summed E-state index contributed by atoms with van der Waals surface area (Å²) in [5, 5.41) is 1.02. The molecule has 2 rings (SSSR count). The summed E-state index contributed by atoms with van der Waals surface area (Å²) >= 11 is 1.68. The molecule has 1 aromatic heterocycles. The molecule has 0 saturated carbocycles. The standard InChI is InChI=1S/C13H14N2S/c1-2-6-11-9-13(15-10-14-11)16-12-7-4-3-5-8-12/h3-5,7-10H,2,6H2,1H3. The van der Waals surface area contributed by atoms with Crippen molar-refractivity contribution in [2.75, 3.05) is 0 Å². The second-order valence-electron chi connectivity index (χ2n) is 3.51. The SMILES string of the molecule is CCCc1cc(Sc2ccccc2)ncn1. The van der Waals surface area contributed by atoms with Crippen molar-refractivity contribution in [1.29, 1.82) is 0 Å². The Morgan fingerprint density at radius 2 is 1.94 bits per heavy atom. The van der Waals surface area contributed by atoms with Crippen LogP contribution >= 0.6 is 11.8 Å². The van der Waals surface area contributed by atoms with Crippen molar-refractivity contribution in [3.05, 3.63) is 48.4 Å². The van der Waals surface area contributed by atoms with Crippen molar-refractivity contribution in [1.82, 2.24) is 9.97 Å². The van der Waals surface area contributed by atoms with Crippen molar-refractivity contribution in [3.8, 4) is 0 Å². The van der Waals surface area contributed by atoms with Crippen molar-refractivity contribution < 1.29 is 0 Å². The van der Waals surface area contributed by atoms with E-state index >= 15 is 0 Å². The van der Waals surface area contributed by atoms with Gasteiger partial charge in [-0.15, -0.1) is 0 Å². The van der Waals surface area contributed by atoms with Crippen molar-refractivity contribution in [2.24, 2.45) is 0 Å². The number of nitrogens with zero attached hydrogens (tertiary/aromatic N) is 2. The smallest absolute Gasteiger partial charge is 0.116 e. The Kier molecular flexibility index (Phi) is 3.94. The molecular weight excluding hydrogens is 216 g/mol. The summed E-state index contributed by atoms with van der Waals surface area (Å²) in [6.45, 7) is 2.16. The molecule has 0 aliphatic rings. The molecule has 2 aromatic rings. The number of rotatable bonds is 4. The van der Waals surface area contributed by atoms with Gasteiger partial charge in [-0.2, -0.15) is 0 Å². The molecule has 0 atom stereocenters. The zero-order chi connectivity index (χ0) is 11.2. The van der Waals surface area contributed by atoms with Crippen LogP contribution in [0.15, 0.2) is 52.6 Å². The number of benzene rings is 1. The maximum Gasteiger partial charge on any atom is 0.116 e. The van der Waals surface area contributed by atoms with E-state index in [2.05, 4.69) is 35.1 Å². The molecule has 3 heteroatoms. The minimum atomic E-state index is 1.02. The van der Waals surface area contributed by atoms with Crippen molar-refractivity contribution in [2.45, 2.75) is 29.7 Å². The molecule has 0 unspecified atom stereocenters. The average Bonchev–Trinajstić information content (AvgIpc) is 2.31. The number of hydrogen-bond donors (Lipinski definition) is 0. The fourth-order valence-corrected chi connectivity index (χ4v) is 2.26. The second-order valence-corrected chi connectivity index (χ2v) is 4.61. The number of hydrogen-bond acceptors (Lipinski definition) is 3. The lowest BCUT2D eigenvalue weighted by atomic mass is 10.2. The molecule has 0 spiro atoms. The van der Waals surface area contributed by atoms with Crippen molar-refractivity contribution in [3.63, 3.8) is 0 Å². The van der Waals surface area contributed by atoms with Gasteiger partial charge in [0, 0.05) is 10.6 Å². The van der Waals surface area contributed by atoms with Gasteiger partial charge in [-0.3, -0.25) is 0 Å². The first-order chi connectivity index (χ1) is 7.88. The number of aromatic nitrogens is 2. The predicted octanol–water partition coefficient (Wildman–Crippen LogP) is 3.58. The van der Waals surface area contributed by atoms with Crippen LogP contribution in [0.25, 0.3) is 0 Å². The molecule has 0 bridgehead atoms. The molecular formula is C13H14N2S. The Bertz CT molecular complexity index is 443. The van der Waals surface area contributed by atoms with Crippen LogP contribution < -0.4 is 0 Å². The Balaban J connectivity index is 2.12. The predicted molar refractivity (Wildman–Crippen MR) is 66.6 cm³/mol. The molecule has 0 N–H and O–H groups in total. The summed E-state index contributed by atoms with van der Waals surface area (Å²) < 4.78 is 0. The van der Waals surface area contributed by atoms with E-state index in [1.165, 1.54) is 4.90 Å². The third-order valence-electron chi connectivity index (χ3n) is 2.17. The third-order valence-corrected chi connectivity index (χ3v) is 3.11. The molecule has 0 amide bonds. The van der Waals surface area contributed by atoms with Crippen LogP contribution in [0, 0.1) is 0 Å². The Labute approximate surface area is 100 Å². The fourth-order valence-electron chi connectivity index (χ4n) is 1.43. The molecule has 0 fully saturated rings. The molecule has 82 valence electrons. The van der Waals surface area contributed by atoms with Crippen LogP contribution in [-0.4, -0.2) is 9.97 Å². The van der Waals surface area contributed by atoms with E-state index in [4.69, 9.17) is 0 Å². The average molecular weight is 230 g/mol. The summed E-state index contributed by atoms with van der Waals surface area (Å²) in [5.74, 6) is 0. The highest BCUT2D eigenvalue weighted by Crippen LogP contribution is 2.25. The first-order valence-corrected chi connectivity index (χ1v) is 6.24. The summed E-state index contributed by atoms with van der Waals surface area (Å²) in [6, 6.07) is 12.3. The largest absolute Gasteiger partial charge is 0.241 e. The highest BCUT2D eigenvalue weighted by atomic mass is 32.2. The first kappa shape index (κ1) is 11.1. The van der Waals surface area contributed by atoms with E-state index in [0.717, 1.165) is 23.6 Å². The number of aryl methyl sites for hydroxylation is 1. The maximum atomic E-state index is 4.27. The van der Waals surface area contributed by atoms with Gasteiger partial charge in [0.2, 0.25) is 0 Å². The van der Waals surface area contributed by atoms with Crippen LogP contribution in [0.3, 0.4) is 0 Å². The monoisotopic (exact) mass is 230 g/mol. The Morgan fingerprint density at radius 1 is 1.12 bits per heavy atom. The van der Waals surface area contributed by atoms with Gasteiger partial charge in [0.05, 0.1) is 0 Å². The van der Waals surface area contributed by atoms with Crippen LogP contribution in [0.2, 0.25) is 0 Å². The molecule has 0 aliphatic heterocycles. The second kappa shape index (κ2) is 5.66. The van der Waals surface area contributed by atoms with E-state index in [1.807, 2.05) is 18.2 Å². The van der Waals surface area contributed by atoms with Crippen LogP contribution in [-0.2, 0) is 6.42 Å². The molecule has 16 heavy (non-hydrogen) atoms. The van der Waals surface area contributed by atoms with Gasteiger partial charge in [0.15, 0.2) is 0 Å². The van der Waals surface area contributed by atoms with Gasteiger partial charge in [-0.1, -0.05) is 43.3 Å². The first-order valence-electron chi connectivity index (χ1n) is 5.42. The zero-order valence-electron chi connectivity index (χ0n) is 9.26. The zero-order valence-corrected chi connectivity index (χ0v) is 10.1. The van der Waals surface area contributed by atoms with E-state index in [9.17, 15) is 0 Å². The summed E-state index contributed by atoms with van der Waals surface area (Å²) in [7, 11) is 0. The van der Waals surface area contributed by atoms with Gasteiger partial charge in [0.25, 0.3) is 0 Å². The minimum Gasteiger partial charge on any atom is -0.241 e. The van der Waals surface area contributed by atoms with E-state index in [0.29, 0.717) is 0 Å². The molecule has 0 aliphatic carbocycles. The Morgan fingerprint density at radius 3 is 2.69 bits per heavy atom. The van der Waals surface area contributed by atoms with Gasteiger partial charge >= 0.3 is 0 Å². The van der Waals surface area contributed by atoms with Gasteiger partial charge in [-0.25, -0.2) is 9.97 Å². The van der Waals surface area contributed by atoms with Gasteiger partial charge in [0.1, 0.15) is 11.4 Å². The van der Waals surface area contributed by atoms with E-state index in [1.54, 1.807) is 18.1 Å². The lowest BCUT2D eigenvalue weighted by molar-refractivity contribution is 0.854. The lowest BCUT2D eigenvalue weighted by Crippen LogP contribution is -1.91. The molecule has 0 radical (unpaired) electrons. The summed E-state index contributed by atoms with van der Waals surface area (Å²) in [4.78, 5) is 9.73. The van der Waals surface area contributed by atoms with E-state index in [-0.39, 0.29) is 0 Å². The summed E-state index contributed by atoms with van der Waals surface area (Å²) in [5.41, 5.74) is 1.12. The van der Waals surface area contributed by atoms with Crippen molar-refractivity contribution >= 4 is 11.8 Å². The molecule has 1 aromatic carbocycles. The highest BCUT2D eigenvalue weighted by Gasteiger charge is 2.00. The highest BCUT2D eigenvalue weighted by molar-refractivity contribution is 7.99. The topological polar surface area (TPSA) is 25.8 Å². The quantitative estimate of drug-likeness (QED) is 0.751. The normalized spacial score (nSPS) is 10.3. The Hall–Kier alpha value is -1.35. The fraction of sp³-hybridized carbons (Fsp3) is 0.231. The van der Waals surface area contributed by atoms with Crippen LogP contribution in [0.1, 0.15) is 19.0 Å². The molecule has 2 nitrogen and oxygen atoms in total. The van der Waals surface area contributed by atoms with Crippen LogP contribution in [0.4, 0.5) is 0 Å². The maximum absolute atomic E-state index is 4.27. The van der Waals surface area contributed by atoms with Gasteiger partial charge in [-0.05, 0) is 24.6 Å². The lowest BCUT2D eigenvalue weighted by Gasteiger charge is -2.02.